The van der Waals surface area contributed by atoms with Gasteiger partial charge in [0.1, 0.15) is 42.4 Å². The van der Waals surface area contributed by atoms with Gasteiger partial charge >= 0.3 is 6.09 Å². The molecule has 2 saturated heterocycles. The molecule has 4 rings (SSSR count). The van der Waals surface area contributed by atoms with Gasteiger partial charge in [-0.1, -0.05) is 35.9 Å². The molecule has 4 N–H and O–H groups in total. The molecule has 0 aromatic heterocycles. The van der Waals surface area contributed by atoms with Gasteiger partial charge in [0.2, 0.25) is 0 Å². The molecule has 1 unspecified atom stereocenters. The Morgan fingerprint density at radius 2 is 1.91 bits per heavy atom. The minimum absolute atomic E-state index is 0.0556. The number of aliphatic hydroxyl groups is 3. The minimum atomic E-state index is -1.49. The highest BCUT2D eigenvalue weighted by Gasteiger charge is 2.56. The molecule has 172 valence electrons. The maximum atomic E-state index is 11.4. The first-order valence-corrected chi connectivity index (χ1v) is 10.8. The molecule has 8 nitrogen and oxygen atoms in total. The van der Waals surface area contributed by atoms with E-state index in [-0.39, 0.29) is 13.2 Å². The van der Waals surface area contributed by atoms with Crippen molar-refractivity contribution in [3.63, 3.8) is 0 Å². The first kappa shape index (κ1) is 22.8. The van der Waals surface area contributed by atoms with Crippen molar-refractivity contribution in [2.45, 2.75) is 43.4 Å². The molecule has 9 heteroatoms. The van der Waals surface area contributed by atoms with Gasteiger partial charge < -0.3 is 34.8 Å². The van der Waals surface area contributed by atoms with E-state index >= 15 is 0 Å². The van der Waals surface area contributed by atoms with Crippen molar-refractivity contribution >= 4 is 17.7 Å². The standard InChI is InChI=1S/C23H26ClNO7/c1-2-30-16-6-3-13(4-7-16)9-15-10-14(5-8-17(15)24)20-18(26)19(27)21(28)23(32-20)11-25-22(29)31-12-23/h3-8,10,18-21,26-28H,2,9,11-12H2,1H3,(H,25,29)/t18-,19-,20+,21+,23?/m1/s1. The summed E-state index contributed by atoms with van der Waals surface area (Å²) in [7, 11) is 0. The number of rotatable bonds is 5. The van der Waals surface area contributed by atoms with Crippen LogP contribution in [0, 0.1) is 0 Å². The molecule has 2 heterocycles. The summed E-state index contributed by atoms with van der Waals surface area (Å²) < 4.78 is 16.5. The zero-order chi connectivity index (χ0) is 22.9. The Labute approximate surface area is 190 Å². The lowest BCUT2D eigenvalue weighted by molar-refractivity contribution is -0.281. The van der Waals surface area contributed by atoms with E-state index < -0.39 is 36.1 Å². The predicted octanol–water partition coefficient (Wildman–Crippen LogP) is 1.96. The van der Waals surface area contributed by atoms with E-state index in [4.69, 9.17) is 25.8 Å². The maximum absolute atomic E-state index is 11.4. The van der Waals surface area contributed by atoms with Crippen LogP contribution in [0.4, 0.5) is 4.79 Å². The van der Waals surface area contributed by atoms with E-state index in [2.05, 4.69) is 5.32 Å². The molecule has 2 fully saturated rings. The number of carbonyl (C=O) groups excluding carboxylic acids is 1. The summed E-state index contributed by atoms with van der Waals surface area (Å²) in [6.07, 6.45) is -5.36. The molecule has 2 aromatic carbocycles. The summed E-state index contributed by atoms with van der Waals surface area (Å²) in [5, 5.41) is 34.7. The van der Waals surface area contributed by atoms with Crippen LogP contribution in [0.1, 0.15) is 29.7 Å². The van der Waals surface area contributed by atoms with E-state index in [1.54, 1.807) is 12.1 Å². The number of benzene rings is 2. The number of hydrogen-bond donors (Lipinski definition) is 4. The van der Waals surface area contributed by atoms with Crippen LogP contribution < -0.4 is 10.1 Å². The molecule has 2 aliphatic heterocycles. The third kappa shape index (κ3) is 4.42. The fourth-order valence-electron chi connectivity index (χ4n) is 4.11. The monoisotopic (exact) mass is 463 g/mol. The van der Waals surface area contributed by atoms with Gasteiger partial charge in [-0.3, -0.25) is 0 Å². The van der Waals surface area contributed by atoms with Gasteiger partial charge in [0.05, 0.1) is 13.2 Å². The quantitative estimate of drug-likeness (QED) is 0.535. The van der Waals surface area contributed by atoms with Crippen LogP contribution in [0.15, 0.2) is 42.5 Å². The molecule has 0 radical (unpaired) electrons. The summed E-state index contributed by atoms with van der Waals surface area (Å²) in [6.45, 7) is 2.22. The highest BCUT2D eigenvalue weighted by molar-refractivity contribution is 6.31. The van der Waals surface area contributed by atoms with Crippen molar-refractivity contribution in [3.8, 4) is 5.75 Å². The van der Waals surface area contributed by atoms with Crippen molar-refractivity contribution in [2.75, 3.05) is 19.8 Å². The number of nitrogens with one attached hydrogen (secondary N) is 1. The minimum Gasteiger partial charge on any atom is -0.494 e. The second-order valence-corrected chi connectivity index (χ2v) is 8.47. The number of ether oxygens (including phenoxy) is 3. The number of hydrogen-bond acceptors (Lipinski definition) is 7. The lowest BCUT2D eigenvalue weighted by Crippen LogP contribution is -2.69. The van der Waals surface area contributed by atoms with Crippen molar-refractivity contribution in [2.24, 2.45) is 0 Å². The Balaban J connectivity index is 1.59. The zero-order valence-corrected chi connectivity index (χ0v) is 18.3. The molecule has 5 atom stereocenters. The third-order valence-corrected chi connectivity index (χ3v) is 6.26. The molecule has 1 amide bonds. The average molecular weight is 464 g/mol. The van der Waals surface area contributed by atoms with Crippen molar-refractivity contribution in [1.29, 1.82) is 0 Å². The van der Waals surface area contributed by atoms with E-state index in [1.165, 1.54) is 0 Å². The Morgan fingerprint density at radius 3 is 2.56 bits per heavy atom. The van der Waals surface area contributed by atoms with Crippen molar-refractivity contribution < 1.29 is 34.3 Å². The van der Waals surface area contributed by atoms with Crippen LogP contribution in [0.2, 0.25) is 5.02 Å². The lowest BCUT2D eigenvalue weighted by Gasteiger charge is -2.49. The van der Waals surface area contributed by atoms with Gasteiger partial charge in [0.25, 0.3) is 0 Å². The highest BCUT2D eigenvalue weighted by Crippen LogP contribution is 2.40. The van der Waals surface area contributed by atoms with Crippen LogP contribution in [-0.4, -0.2) is 65.1 Å². The fraction of sp³-hybridized carbons (Fsp3) is 0.435. The number of amides is 1. The smallest absolute Gasteiger partial charge is 0.407 e. The largest absolute Gasteiger partial charge is 0.494 e. The Kier molecular flexibility index (Phi) is 6.60. The van der Waals surface area contributed by atoms with Crippen LogP contribution in [0.5, 0.6) is 5.75 Å². The Morgan fingerprint density at radius 1 is 1.16 bits per heavy atom. The molecule has 0 bridgehead atoms. The normalized spacial score (nSPS) is 30.0. The Bertz CT molecular complexity index is 957. The molecule has 2 aromatic rings. The Hall–Kier alpha value is -2.36. The van der Waals surface area contributed by atoms with Crippen molar-refractivity contribution in [1.82, 2.24) is 5.32 Å². The fourth-order valence-corrected chi connectivity index (χ4v) is 4.29. The molecular weight excluding hydrogens is 438 g/mol. The molecule has 0 aliphatic carbocycles. The number of halogens is 1. The summed E-state index contributed by atoms with van der Waals surface area (Å²) in [4.78, 5) is 11.4. The second kappa shape index (κ2) is 9.25. The van der Waals surface area contributed by atoms with Gasteiger partial charge in [-0.25, -0.2) is 4.79 Å². The summed E-state index contributed by atoms with van der Waals surface area (Å²) >= 11 is 6.43. The van der Waals surface area contributed by atoms with Gasteiger partial charge in [0, 0.05) is 5.02 Å². The maximum Gasteiger partial charge on any atom is 0.407 e. The molecule has 1 spiro atoms. The first-order chi connectivity index (χ1) is 15.3. The number of alkyl carbamates (subject to hydrolysis) is 1. The van der Waals surface area contributed by atoms with Crippen LogP contribution >= 0.6 is 11.6 Å². The highest BCUT2D eigenvalue weighted by atomic mass is 35.5. The average Bonchev–Trinajstić information content (AvgIpc) is 2.80. The zero-order valence-electron chi connectivity index (χ0n) is 17.5. The SMILES string of the molecule is CCOc1ccc(Cc2cc([C@@H]3OC4(CNC(=O)OC4)[C@@H](O)[C@H](O)[C@H]3O)ccc2Cl)cc1. The van der Waals surface area contributed by atoms with E-state index in [9.17, 15) is 20.1 Å². The van der Waals surface area contributed by atoms with Gasteiger partial charge in [0.15, 0.2) is 0 Å². The van der Waals surface area contributed by atoms with E-state index in [0.29, 0.717) is 23.6 Å². The molecule has 32 heavy (non-hydrogen) atoms. The van der Waals surface area contributed by atoms with Crippen LogP contribution in [0.25, 0.3) is 0 Å². The van der Waals surface area contributed by atoms with Gasteiger partial charge in [-0.15, -0.1) is 0 Å². The van der Waals surface area contributed by atoms with Gasteiger partial charge in [-0.05, 0) is 48.2 Å². The van der Waals surface area contributed by atoms with Crippen LogP contribution in [-0.2, 0) is 15.9 Å². The summed E-state index contributed by atoms with van der Waals surface area (Å²) in [6, 6.07) is 12.9. The molecule has 0 saturated carbocycles. The van der Waals surface area contributed by atoms with Gasteiger partial charge in [-0.2, -0.15) is 0 Å². The molecular formula is C23H26ClNO7. The number of aliphatic hydroxyl groups excluding tert-OH is 3. The van der Waals surface area contributed by atoms with Crippen molar-refractivity contribution in [3.05, 3.63) is 64.2 Å². The topological polar surface area (TPSA) is 117 Å². The predicted molar refractivity (Wildman–Crippen MR) is 116 cm³/mol. The second-order valence-electron chi connectivity index (χ2n) is 8.06. The number of cyclic esters (lactones) is 1. The summed E-state index contributed by atoms with van der Waals surface area (Å²) in [5.74, 6) is 0.787. The summed E-state index contributed by atoms with van der Waals surface area (Å²) in [5.41, 5.74) is 1.04. The number of carbonyl (C=O) groups is 1. The van der Waals surface area contributed by atoms with E-state index in [0.717, 1.165) is 16.9 Å². The van der Waals surface area contributed by atoms with E-state index in [1.807, 2.05) is 37.3 Å². The van der Waals surface area contributed by atoms with Crippen LogP contribution in [0.3, 0.4) is 0 Å². The first-order valence-electron chi connectivity index (χ1n) is 10.5. The molecule has 2 aliphatic rings. The lowest BCUT2D eigenvalue weighted by atomic mass is 9.82. The third-order valence-electron chi connectivity index (χ3n) is 5.89.